The topological polar surface area (TPSA) is 49.4 Å². The standard InChI is InChI=1S/C16H18N2O2S.ClH/c19-21(20,18-12-10-17-11-13-18)16-9-5-4-8-15(16)14-6-2-1-3-7-14;/h1-9,17H,10-13H2;1H. The third-order valence-electron chi connectivity index (χ3n) is 3.67. The van der Waals surface area contributed by atoms with Crippen molar-refractivity contribution in [1.29, 1.82) is 0 Å². The van der Waals surface area contributed by atoms with Crippen molar-refractivity contribution in [2.45, 2.75) is 4.90 Å². The molecule has 118 valence electrons. The Bertz CT molecular complexity index is 714. The second-order valence-electron chi connectivity index (χ2n) is 5.02. The van der Waals surface area contributed by atoms with Gasteiger partial charge in [0.05, 0.1) is 4.90 Å². The normalized spacial score (nSPS) is 16.0. The molecular formula is C16H19ClN2O2S. The van der Waals surface area contributed by atoms with E-state index in [9.17, 15) is 8.42 Å². The lowest BCUT2D eigenvalue weighted by Gasteiger charge is -2.27. The summed E-state index contributed by atoms with van der Waals surface area (Å²) in [7, 11) is -3.45. The second kappa shape index (κ2) is 7.24. The van der Waals surface area contributed by atoms with Crippen LogP contribution in [0, 0.1) is 0 Å². The number of sulfonamides is 1. The summed E-state index contributed by atoms with van der Waals surface area (Å²) in [5, 5.41) is 3.18. The number of hydrogen-bond donors (Lipinski definition) is 1. The summed E-state index contributed by atoms with van der Waals surface area (Å²) in [5.74, 6) is 0. The molecule has 0 aromatic heterocycles. The number of benzene rings is 2. The van der Waals surface area contributed by atoms with E-state index >= 15 is 0 Å². The predicted molar refractivity (Wildman–Crippen MR) is 90.8 cm³/mol. The van der Waals surface area contributed by atoms with Crippen LogP contribution in [0.15, 0.2) is 59.5 Å². The van der Waals surface area contributed by atoms with Gasteiger partial charge in [0.2, 0.25) is 10.0 Å². The zero-order valence-corrected chi connectivity index (χ0v) is 13.7. The lowest BCUT2D eigenvalue weighted by Crippen LogP contribution is -2.46. The van der Waals surface area contributed by atoms with Crippen molar-refractivity contribution in [3.05, 3.63) is 54.6 Å². The molecule has 2 aromatic rings. The van der Waals surface area contributed by atoms with Crippen molar-refractivity contribution in [2.75, 3.05) is 26.2 Å². The average molecular weight is 339 g/mol. The number of nitrogens with zero attached hydrogens (tertiary/aromatic N) is 1. The lowest BCUT2D eigenvalue weighted by molar-refractivity contribution is 0.360. The fraction of sp³-hybridized carbons (Fsp3) is 0.250. The van der Waals surface area contributed by atoms with Crippen LogP contribution in [0.3, 0.4) is 0 Å². The molecule has 1 N–H and O–H groups in total. The van der Waals surface area contributed by atoms with Crippen LogP contribution in [0.25, 0.3) is 11.1 Å². The van der Waals surface area contributed by atoms with E-state index in [1.165, 1.54) is 0 Å². The molecule has 4 nitrogen and oxygen atoms in total. The number of hydrogen-bond acceptors (Lipinski definition) is 3. The van der Waals surface area contributed by atoms with Crippen LogP contribution >= 0.6 is 12.4 Å². The maximum atomic E-state index is 12.9. The Balaban J connectivity index is 0.00000176. The number of nitrogens with one attached hydrogen (secondary N) is 1. The summed E-state index contributed by atoms with van der Waals surface area (Å²) in [5.41, 5.74) is 1.68. The van der Waals surface area contributed by atoms with Crippen LogP contribution in [0.2, 0.25) is 0 Å². The largest absolute Gasteiger partial charge is 0.314 e. The van der Waals surface area contributed by atoms with Gasteiger partial charge in [0, 0.05) is 31.7 Å². The Morgan fingerprint density at radius 2 is 1.45 bits per heavy atom. The molecule has 0 saturated carbocycles. The molecule has 1 saturated heterocycles. The van der Waals surface area contributed by atoms with Crippen LogP contribution in [-0.2, 0) is 10.0 Å². The zero-order chi connectivity index (χ0) is 14.7. The minimum absolute atomic E-state index is 0. The van der Waals surface area contributed by atoms with Gasteiger partial charge in [0.15, 0.2) is 0 Å². The number of piperazine rings is 1. The summed E-state index contributed by atoms with van der Waals surface area (Å²) in [6.45, 7) is 2.44. The molecule has 0 amide bonds. The third-order valence-corrected chi connectivity index (χ3v) is 5.62. The Morgan fingerprint density at radius 3 is 2.14 bits per heavy atom. The first-order chi connectivity index (χ1) is 10.2. The van der Waals surface area contributed by atoms with Crippen molar-refractivity contribution in [2.24, 2.45) is 0 Å². The quantitative estimate of drug-likeness (QED) is 0.934. The molecule has 1 aliphatic heterocycles. The van der Waals surface area contributed by atoms with Crippen molar-refractivity contribution in [3.63, 3.8) is 0 Å². The molecule has 2 aromatic carbocycles. The average Bonchev–Trinajstić information content (AvgIpc) is 2.56. The summed E-state index contributed by atoms with van der Waals surface area (Å²) in [4.78, 5) is 0.387. The highest BCUT2D eigenvalue weighted by molar-refractivity contribution is 7.89. The van der Waals surface area contributed by atoms with Crippen LogP contribution in [-0.4, -0.2) is 38.9 Å². The minimum Gasteiger partial charge on any atom is -0.314 e. The van der Waals surface area contributed by atoms with Gasteiger partial charge in [0.1, 0.15) is 0 Å². The van der Waals surface area contributed by atoms with Gasteiger partial charge in [-0.1, -0.05) is 48.5 Å². The third kappa shape index (κ3) is 3.33. The van der Waals surface area contributed by atoms with Gasteiger partial charge in [-0.15, -0.1) is 12.4 Å². The Hall–Kier alpha value is -1.40. The van der Waals surface area contributed by atoms with Crippen molar-refractivity contribution < 1.29 is 8.42 Å². The van der Waals surface area contributed by atoms with Crippen LogP contribution in [0.4, 0.5) is 0 Å². The van der Waals surface area contributed by atoms with Gasteiger partial charge in [-0.3, -0.25) is 0 Å². The van der Waals surface area contributed by atoms with Gasteiger partial charge in [-0.05, 0) is 11.6 Å². The van der Waals surface area contributed by atoms with Gasteiger partial charge < -0.3 is 5.32 Å². The first-order valence-electron chi connectivity index (χ1n) is 7.05. The van der Waals surface area contributed by atoms with Gasteiger partial charge in [-0.2, -0.15) is 4.31 Å². The highest BCUT2D eigenvalue weighted by atomic mass is 35.5. The number of halogens is 1. The van der Waals surface area contributed by atoms with Gasteiger partial charge in [-0.25, -0.2) is 8.42 Å². The summed E-state index contributed by atoms with van der Waals surface area (Å²) >= 11 is 0. The lowest BCUT2D eigenvalue weighted by atomic mass is 10.1. The maximum Gasteiger partial charge on any atom is 0.243 e. The van der Waals surface area contributed by atoms with E-state index in [4.69, 9.17) is 0 Å². The molecule has 6 heteroatoms. The molecular weight excluding hydrogens is 320 g/mol. The van der Waals surface area contributed by atoms with Crippen LogP contribution < -0.4 is 5.32 Å². The Morgan fingerprint density at radius 1 is 0.864 bits per heavy atom. The molecule has 0 atom stereocenters. The van der Waals surface area contributed by atoms with Crippen LogP contribution in [0.1, 0.15) is 0 Å². The molecule has 1 heterocycles. The molecule has 22 heavy (non-hydrogen) atoms. The smallest absolute Gasteiger partial charge is 0.243 e. The van der Waals surface area contributed by atoms with Gasteiger partial charge >= 0.3 is 0 Å². The fourth-order valence-electron chi connectivity index (χ4n) is 2.57. The van der Waals surface area contributed by atoms with Crippen molar-refractivity contribution in [1.82, 2.24) is 9.62 Å². The maximum absolute atomic E-state index is 12.9. The second-order valence-corrected chi connectivity index (χ2v) is 6.92. The monoisotopic (exact) mass is 338 g/mol. The van der Waals surface area contributed by atoms with Crippen molar-refractivity contribution >= 4 is 22.4 Å². The highest BCUT2D eigenvalue weighted by Crippen LogP contribution is 2.29. The molecule has 3 rings (SSSR count). The van der Waals surface area contributed by atoms with Crippen molar-refractivity contribution in [3.8, 4) is 11.1 Å². The number of rotatable bonds is 3. The molecule has 0 spiro atoms. The minimum atomic E-state index is -3.45. The van der Waals surface area contributed by atoms with Gasteiger partial charge in [0.25, 0.3) is 0 Å². The molecule has 0 aliphatic carbocycles. The molecule has 0 radical (unpaired) electrons. The Kier molecular flexibility index (Phi) is 5.58. The molecule has 0 bridgehead atoms. The summed E-state index contributed by atoms with van der Waals surface area (Å²) in [6, 6.07) is 16.9. The first-order valence-corrected chi connectivity index (χ1v) is 8.49. The van der Waals surface area contributed by atoms with Crippen LogP contribution in [0.5, 0.6) is 0 Å². The summed E-state index contributed by atoms with van der Waals surface area (Å²) < 4.78 is 27.3. The summed E-state index contributed by atoms with van der Waals surface area (Å²) in [6.07, 6.45) is 0. The molecule has 0 unspecified atom stereocenters. The first kappa shape index (κ1) is 17.0. The van der Waals surface area contributed by atoms with E-state index < -0.39 is 10.0 Å². The van der Waals surface area contributed by atoms with E-state index in [0.29, 0.717) is 31.1 Å². The van der Waals surface area contributed by atoms with E-state index in [0.717, 1.165) is 11.1 Å². The zero-order valence-electron chi connectivity index (χ0n) is 12.1. The predicted octanol–water partition coefficient (Wildman–Crippen LogP) is 2.37. The molecule has 1 aliphatic rings. The van der Waals surface area contributed by atoms with E-state index in [1.807, 2.05) is 42.5 Å². The van der Waals surface area contributed by atoms with E-state index in [1.54, 1.807) is 16.4 Å². The Labute approximate surface area is 137 Å². The van der Waals surface area contributed by atoms with E-state index in [2.05, 4.69) is 5.32 Å². The van der Waals surface area contributed by atoms with E-state index in [-0.39, 0.29) is 12.4 Å². The SMILES string of the molecule is Cl.O=S(=O)(c1ccccc1-c1ccccc1)N1CCNCC1. The fourth-order valence-corrected chi connectivity index (χ4v) is 4.23. The highest BCUT2D eigenvalue weighted by Gasteiger charge is 2.28. The molecule has 1 fully saturated rings.